The Balaban J connectivity index is 1.75. The molecule has 0 N–H and O–H groups in total. The summed E-state index contributed by atoms with van der Waals surface area (Å²) in [6.07, 6.45) is 0. The van der Waals surface area contributed by atoms with E-state index in [0.717, 1.165) is 34.5 Å². The van der Waals surface area contributed by atoms with E-state index in [1.165, 1.54) is 17.0 Å². The number of fused-ring (bicyclic) bond motifs is 1. The highest BCUT2D eigenvalue weighted by Crippen LogP contribution is 2.29. The predicted molar refractivity (Wildman–Crippen MR) is 106 cm³/mol. The van der Waals surface area contributed by atoms with Gasteiger partial charge in [0.25, 0.3) is 0 Å². The van der Waals surface area contributed by atoms with Gasteiger partial charge in [-0.3, -0.25) is 0 Å². The normalized spacial score (nSPS) is 11.3. The van der Waals surface area contributed by atoms with Crippen molar-refractivity contribution in [2.24, 2.45) is 10.2 Å². The van der Waals surface area contributed by atoms with Crippen molar-refractivity contribution in [1.29, 1.82) is 0 Å². The number of alkyl halides is 1. The number of hydrogen-bond donors (Lipinski definition) is 0. The Morgan fingerprint density at radius 3 is 2.60 bits per heavy atom. The molecule has 0 spiro atoms. The van der Waals surface area contributed by atoms with Gasteiger partial charge in [-0.2, -0.15) is 0 Å². The largest absolute Gasteiger partial charge is 0.481 e. The lowest BCUT2D eigenvalue weighted by atomic mass is 10.2. The Labute approximate surface area is 158 Å². The van der Waals surface area contributed by atoms with Gasteiger partial charge in [-0.15, -0.1) is 10.2 Å². The van der Waals surface area contributed by atoms with Crippen molar-refractivity contribution in [3.05, 3.63) is 36.4 Å². The maximum absolute atomic E-state index is 5.12. The number of aromatic nitrogens is 2. The number of nitrogens with zero attached hydrogens (tertiary/aromatic N) is 5. The van der Waals surface area contributed by atoms with E-state index in [4.69, 9.17) is 4.74 Å². The first kappa shape index (κ1) is 17.8. The lowest BCUT2D eigenvalue weighted by molar-refractivity contribution is 0.400. The van der Waals surface area contributed by atoms with E-state index >= 15 is 0 Å². The van der Waals surface area contributed by atoms with Crippen LogP contribution in [0.4, 0.5) is 16.5 Å². The van der Waals surface area contributed by atoms with Crippen LogP contribution in [0.3, 0.4) is 0 Å². The molecule has 2 aromatic heterocycles. The van der Waals surface area contributed by atoms with Gasteiger partial charge in [-0.05, 0) is 37.3 Å². The molecule has 0 amide bonds. The van der Waals surface area contributed by atoms with E-state index in [9.17, 15) is 0 Å². The third kappa shape index (κ3) is 4.32. The van der Waals surface area contributed by atoms with Gasteiger partial charge in [-0.1, -0.05) is 27.3 Å². The monoisotopic (exact) mass is 419 g/mol. The molecule has 0 saturated heterocycles. The Kier molecular flexibility index (Phi) is 5.93. The molecule has 0 atom stereocenters. The quantitative estimate of drug-likeness (QED) is 0.383. The molecule has 1 aromatic carbocycles. The summed E-state index contributed by atoms with van der Waals surface area (Å²) in [5.74, 6) is 0.569. The third-order valence-electron chi connectivity index (χ3n) is 3.63. The number of hydrogen-bond acceptors (Lipinski definition) is 7. The highest BCUT2D eigenvalue weighted by Gasteiger charge is 2.06. The van der Waals surface area contributed by atoms with Crippen molar-refractivity contribution < 1.29 is 4.74 Å². The molecule has 3 aromatic rings. The van der Waals surface area contributed by atoms with Crippen LogP contribution >= 0.6 is 27.3 Å². The molecule has 0 fully saturated rings. The molecule has 0 aliphatic carbocycles. The smallest absolute Gasteiger partial charge is 0.232 e. The molecule has 0 unspecified atom stereocenters. The van der Waals surface area contributed by atoms with Gasteiger partial charge in [0.15, 0.2) is 0 Å². The van der Waals surface area contributed by atoms with E-state index in [1.807, 2.05) is 18.2 Å². The van der Waals surface area contributed by atoms with Crippen molar-refractivity contribution in [2.75, 3.05) is 30.4 Å². The number of halogens is 1. The second-order valence-electron chi connectivity index (χ2n) is 5.16. The topological polar surface area (TPSA) is 63.0 Å². The van der Waals surface area contributed by atoms with Gasteiger partial charge in [0.05, 0.1) is 12.8 Å². The summed E-state index contributed by atoms with van der Waals surface area (Å²) >= 11 is 4.87. The first-order chi connectivity index (χ1) is 12.2. The lowest BCUT2D eigenvalue weighted by Crippen LogP contribution is -2.24. The van der Waals surface area contributed by atoms with Crippen LogP contribution in [0, 0.1) is 0 Å². The Morgan fingerprint density at radius 1 is 1.12 bits per heavy atom. The fourth-order valence-electron chi connectivity index (χ4n) is 2.35. The fourth-order valence-corrected chi connectivity index (χ4v) is 3.53. The minimum absolute atomic E-state index is 0.569. The number of pyridine rings is 1. The molecule has 0 aliphatic heterocycles. The standard InChI is InChI=1S/C17H18BrN5OS/c1-3-23(11-10-18)13-6-4-12(5-7-13)21-22-17-19-14-8-9-15(24-2)20-16(14)25-17/h4-9H,3,10-11H2,1-2H3/b22-21+. The molecule has 0 saturated carbocycles. The molecule has 0 radical (unpaired) electrons. The molecule has 6 nitrogen and oxygen atoms in total. The van der Waals surface area contributed by atoms with Crippen LogP contribution in [0.25, 0.3) is 10.3 Å². The van der Waals surface area contributed by atoms with Crippen molar-refractivity contribution in [3.63, 3.8) is 0 Å². The van der Waals surface area contributed by atoms with Crippen LogP contribution in [-0.2, 0) is 0 Å². The molecule has 130 valence electrons. The van der Waals surface area contributed by atoms with E-state index in [-0.39, 0.29) is 0 Å². The second kappa shape index (κ2) is 8.35. The van der Waals surface area contributed by atoms with Crippen LogP contribution in [0.2, 0.25) is 0 Å². The summed E-state index contributed by atoms with van der Waals surface area (Å²) in [7, 11) is 1.59. The van der Waals surface area contributed by atoms with E-state index < -0.39 is 0 Å². The average Bonchev–Trinajstić information content (AvgIpc) is 3.07. The first-order valence-electron chi connectivity index (χ1n) is 7.87. The molecular formula is C17H18BrN5OS. The Bertz CT molecular complexity index is 865. The number of azo groups is 1. The summed E-state index contributed by atoms with van der Waals surface area (Å²) in [6.45, 7) is 4.08. The van der Waals surface area contributed by atoms with Gasteiger partial charge in [0, 0.05) is 30.2 Å². The first-order valence-corrected chi connectivity index (χ1v) is 9.81. The SMILES string of the molecule is CCN(CCBr)c1ccc(/N=N/c2nc3ccc(OC)nc3s2)cc1. The van der Waals surface area contributed by atoms with Crippen LogP contribution < -0.4 is 9.64 Å². The van der Waals surface area contributed by atoms with Crippen molar-refractivity contribution in [2.45, 2.75) is 6.92 Å². The molecule has 25 heavy (non-hydrogen) atoms. The Morgan fingerprint density at radius 2 is 1.92 bits per heavy atom. The van der Waals surface area contributed by atoms with Crippen LogP contribution in [0.15, 0.2) is 46.6 Å². The third-order valence-corrected chi connectivity index (χ3v) is 4.83. The predicted octanol–water partition coefficient (Wildman–Crippen LogP) is 5.34. The van der Waals surface area contributed by atoms with Crippen molar-refractivity contribution in [3.8, 4) is 5.88 Å². The van der Waals surface area contributed by atoms with E-state index in [2.05, 4.69) is 60.1 Å². The average molecular weight is 420 g/mol. The van der Waals surface area contributed by atoms with E-state index in [0.29, 0.717) is 11.0 Å². The zero-order valence-electron chi connectivity index (χ0n) is 14.0. The molecule has 0 aliphatic rings. The summed E-state index contributed by atoms with van der Waals surface area (Å²) in [5, 5.41) is 10.0. The number of thiazole rings is 1. The highest BCUT2D eigenvalue weighted by molar-refractivity contribution is 9.09. The maximum Gasteiger partial charge on any atom is 0.232 e. The summed E-state index contributed by atoms with van der Waals surface area (Å²) in [5.41, 5.74) is 2.77. The minimum Gasteiger partial charge on any atom is -0.481 e. The zero-order valence-corrected chi connectivity index (χ0v) is 16.4. The van der Waals surface area contributed by atoms with E-state index in [1.54, 1.807) is 13.2 Å². The molecule has 3 rings (SSSR count). The minimum atomic E-state index is 0.569. The van der Waals surface area contributed by atoms with Crippen LogP contribution in [0.1, 0.15) is 6.92 Å². The Hall–Kier alpha value is -2.06. The zero-order chi connectivity index (χ0) is 17.6. The van der Waals surface area contributed by atoms with Gasteiger partial charge in [0.2, 0.25) is 11.0 Å². The number of ether oxygens (including phenoxy) is 1. The molecular weight excluding hydrogens is 402 g/mol. The summed E-state index contributed by atoms with van der Waals surface area (Å²) < 4.78 is 5.12. The fraction of sp³-hybridized carbons (Fsp3) is 0.294. The number of benzene rings is 1. The second-order valence-corrected chi connectivity index (χ2v) is 6.91. The molecule has 2 heterocycles. The summed E-state index contributed by atoms with van der Waals surface area (Å²) in [6, 6.07) is 11.7. The van der Waals surface area contributed by atoms with Gasteiger partial charge in [0.1, 0.15) is 10.3 Å². The number of rotatable bonds is 7. The maximum atomic E-state index is 5.12. The van der Waals surface area contributed by atoms with Crippen LogP contribution in [-0.4, -0.2) is 35.5 Å². The lowest BCUT2D eigenvalue weighted by Gasteiger charge is -2.21. The van der Waals surface area contributed by atoms with Crippen molar-refractivity contribution >= 4 is 54.1 Å². The molecule has 8 heteroatoms. The number of methoxy groups -OCH3 is 1. The van der Waals surface area contributed by atoms with Gasteiger partial charge in [-0.25, -0.2) is 9.97 Å². The van der Waals surface area contributed by atoms with Crippen molar-refractivity contribution in [1.82, 2.24) is 9.97 Å². The summed E-state index contributed by atoms with van der Waals surface area (Å²) in [4.78, 5) is 11.8. The van der Waals surface area contributed by atoms with Crippen LogP contribution in [0.5, 0.6) is 5.88 Å². The van der Waals surface area contributed by atoms with Gasteiger partial charge < -0.3 is 9.64 Å². The van der Waals surface area contributed by atoms with Gasteiger partial charge >= 0.3 is 0 Å². The highest BCUT2D eigenvalue weighted by atomic mass is 79.9. The molecule has 0 bridgehead atoms. The number of anilines is 1.